The molecule has 172 valence electrons. The Morgan fingerprint density at radius 1 is 1.00 bits per heavy atom. The summed E-state index contributed by atoms with van der Waals surface area (Å²) in [6.07, 6.45) is 1.64. The van der Waals surface area contributed by atoms with Crippen molar-refractivity contribution in [3.8, 4) is 0 Å². The number of amides is 3. The molecule has 2 aromatic carbocycles. The molecule has 34 heavy (non-hydrogen) atoms. The fourth-order valence-corrected chi connectivity index (χ4v) is 3.27. The number of benzene rings is 2. The fourth-order valence-electron chi connectivity index (χ4n) is 3.27. The highest BCUT2D eigenvalue weighted by Crippen LogP contribution is 2.15. The predicted octanol–water partition coefficient (Wildman–Crippen LogP) is 2.29. The van der Waals surface area contributed by atoms with Crippen molar-refractivity contribution < 1.29 is 23.5 Å². The van der Waals surface area contributed by atoms with Crippen molar-refractivity contribution in [1.29, 1.82) is 0 Å². The number of nitrogens with one attached hydrogen (secondary N) is 3. The number of H-pyrrole nitrogens is 1. The molecule has 0 aliphatic rings. The van der Waals surface area contributed by atoms with Crippen LogP contribution in [0.4, 0.5) is 4.79 Å². The summed E-state index contributed by atoms with van der Waals surface area (Å²) in [7, 11) is 0. The molecule has 4 rings (SSSR count). The van der Waals surface area contributed by atoms with E-state index in [9.17, 15) is 19.2 Å². The SMILES string of the molecule is O=C(COC(=O)c1ccccc1Cc1nc2ccccc2c(=O)[nH]1)NC(=O)NCc1ccco1. The molecule has 0 atom stereocenters. The molecule has 2 heterocycles. The van der Waals surface area contributed by atoms with Gasteiger partial charge in [0.25, 0.3) is 11.5 Å². The Kier molecular flexibility index (Phi) is 6.78. The molecule has 0 aliphatic heterocycles. The number of carbonyl (C=O) groups is 3. The van der Waals surface area contributed by atoms with Gasteiger partial charge >= 0.3 is 12.0 Å². The van der Waals surface area contributed by atoms with Crippen LogP contribution in [0.25, 0.3) is 10.9 Å². The number of hydrogen-bond donors (Lipinski definition) is 3. The van der Waals surface area contributed by atoms with E-state index < -0.39 is 24.5 Å². The minimum Gasteiger partial charge on any atom is -0.467 e. The molecule has 0 unspecified atom stereocenters. The Morgan fingerprint density at radius 2 is 1.79 bits per heavy atom. The quantitative estimate of drug-likeness (QED) is 0.359. The van der Waals surface area contributed by atoms with Gasteiger partial charge in [-0.15, -0.1) is 0 Å². The number of carbonyl (C=O) groups excluding carboxylic acids is 3. The van der Waals surface area contributed by atoms with E-state index in [0.29, 0.717) is 28.1 Å². The Bertz CT molecular complexity index is 1390. The monoisotopic (exact) mass is 460 g/mol. The number of urea groups is 1. The van der Waals surface area contributed by atoms with E-state index in [1.54, 1.807) is 60.7 Å². The van der Waals surface area contributed by atoms with E-state index >= 15 is 0 Å². The van der Waals surface area contributed by atoms with Gasteiger partial charge in [0, 0.05) is 6.42 Å². The minimum atomic E-state index is -0.789. The number of fused-ring (bicyclic) bond motifs is 1. The molecule has 0 saturated heterocycles. The highest BCUT2D eigenvalue weighted by Gasteiger charge is 2.17. The lowest BCUT2D eigenvalue weighted by atomic mass is 10.0. The lowest BCUT2D eigenvalue weighted by Crippen LogP contribution is -2.41. The average Bonchev–Trinajstić information content (AvgIpc) is 3.35. The molecule has 10 nitrogen and oxygen atoms in total. The summed E-state index contributed by atoms with van der Waals surface area (Å²) in [6.45, 7) is -0.545. The molecule has 3 N–H and O–H groups in total. The van der Waals surface area contributed by atoms with Gasteiger partial charge in [-0.3, -0.25) is 14.9 Å². The number of hydrogen-bond acceptors (Lipinski definition) is 7. The summed E-state index contributed by atoms with van der Waals surface area (Å²) in [5.41, 5.74) is 1.04. The fraction of sp³-hybridized carbons (Fsp3) is 0.125. The third kappa shape index (κ3) is 5.54. The highest BCUT2D eigenvalue weighted by atomic mass is 16.5. The molecule has 2 aromatic heterocycles. The molecule has 4 aromatic rings. The first kappa shape index (κ1) is 22.5. The number of imide groups is 1. The molecule has 0 aliphatic carbocycles. The van der Waals surface area contributed by atoms with Crippen molar-refractivity contribution in [2.24, 2.45) is 0 Å². The Balaban J connectivity index is 1.36. The van der Waals surface area contributed by atoms with Crippen LogP contribution in [0.2, 0.25) is 0 Å². The van der Waals surface area contributed by atoms with Gasteiger partial charge in [0.15, 0.2) is 6.61 Å². The molecule has 0 fully saturated rings. The van der Waals surface area contributed by atoms with Crippen molar-refractivity contribution in [3.05, 3.63) is 100.0 Å². The van der Waals surface area contributed by atoms with Gasteiger partial charge in [-0.05, 0) is 35.9 Å². The highest BCUT2D eigenvalue weighted by molar-refractivity contribution is 5.97. The molecule has 0 saturated carbocycles. The molecular weight excluding hydrogens is 440 g/mol. The number of furan rings is 1. The lowest BCUT2D eigenvalue weighted by molar-refractivity contribution is -0.123. The second-order valence-corrected chi connectivity index (χ2v) is 7.25. The average molecular weight is 460 g/mol. The maximum Gasteiger partial charge on any atom is 0.338 e. The lowest BCUT2D eigenvalue weighted by Gasteiger charge is -2.10. The van der Waals surface area contributed by atoms with E-state index in [4.69, 9.17) is 9.15 Å². The number of esters is 1. The smallest absolute Gasteiger partial charge is 0.338 e. The maximum absolute atomic E-state index is 12.6. The zero-order valence-corrected chi connectivity index (χ0v) is 17.9. The van der Waals surface area contributed by atoms with Crippen LogP contribution in [0.1, 0.15) is 27.5 Å². The molecule has 0 radical (unpaired) electrons. The van der Waals surface area contributed by atoms with Crippen LogP contribution in [0.3, 0.4) is 0 Å². The van der Waals surface area contributed by atoms with Crippen LogP contribution in [-0.4, -0.2) is 34.5 Å². The predicted molar refractivity (Wildman–Crippen MR) is 121 cm³/mol. The Morgan fingerprint density at radius 3 is 2.62 bits per heavy atom. The van der Waals surface area contributed by atoms with Crippen LogP contribution in [0.5, 0.6) is 0 Å². The second-order valence-electron chi connectivity index (χ2n) is 7.25. The first-order chi connectivity index (χ1) is 16.5. The third-order valence-electron chi connectivity index (χ3n) is 4.85. The van der Waals surface area contributed by atoms with Gasteiger partial charge in [-0.2, -0.15) is 0 Å². The molecular formula is C24H20N4O6. The first-order valence-electron chi connectivity index (χ1n) is 10.3. The van der Waals surface area contributed by atoms with Crippen LogP contribution < -0.4 is 16.2 Å². The molecule has 0 bridgehead atoms. The van der Waals surface area contributed by atoms with E-state index in [2.05, 4.69) is 20.6 Å². The molecule has 0 spiro atoms. The van der Waals surface area contributed by atoms with Gasteiger partial charge in [0.2, 0.25) is 0 Å². The summed E-state index contributed by atoms with van der Waals surface area (Å²) in [5.74, 6) is -0.629. The Hall–Kier alpha value is -4.73. The van der Waals surface area contributed by atoms with Gasteiger partial charge < -0.3 is 19.5 Å². The normalized spacial score (nSPS) is 10.6. The first-order valence-corrected chi connectivity index (χ1v) is 10.3. The third-order valence-corrected chi connectivity index (χ3v) is 4.85. The molecule has 10 heteroatoms. The topological polar surface area (TPSA) is 143 Å². The van der Waals surface area contributed by atoms with Crippen molar-refractivity contribution in [2.75, 3.05) is 6.61 Å². The summed E-state index contributed by atoms with van der Waals surface area (Å²) < 4.78 is 10.1. The van der Waals surface area contributed by atoms with Crippen LogP contribution in [0.15, 0.2) is 76.1 Å². The number of aromatic amines is 1. The van der Waals surface area contributed by atoms with Crippen LogP contribution >= 0.6 is 0 Å². The number of aromatic nitrogens is 2. The van der Waals surface area contributed by atoms with Gasteiger partial charge in [-0.1, -0.05) is 30.3 Å². The van der Waals surface area contributed by atoms with Crippen LogP contribution in [-0.2, 0) is 22.5 Å². The summed E-state index contributed by atoms with van der Waals surface area (Å²) in [6, 6.07) is 16.2. The van der Waals surface area contributed by atoms with E-state index in [1.165, 1.54) is 6.26 Å². The zero-order chi connectivity index (χ0) is 23.9. The van der Waals surface area contributed by atoms with E-state index in [0.717, 1.165) is 0 Å². The van der Waals surface area contributed by atoms with Crippen molar-refractivity contribution in [2.45, 2.75) is 13.0 Å². The van der Waals surface area contributed by atoms with Crippen molar-refractivity contribution in [3.63, 3.8) is 0 Å². The zero-order valence-electron chi connectivity index (χ0n) is 17.9. The number of nitrogens with zero attached hydrogens (tertiary/aromatic N) is 1. The summed E-state index contributed by atoms with van der Waals surface area (Å²) >= 11 is 0. The van der Waals surface area contributed by atoms with Gasteiger partial charge in [0.1, 0.15) is 11.6 Å². The summed E-state index contributed by atoms with van der Waals surface area (Å²) in [4.78, 5) is 55.8. The van der Waals surface area contributed by atoms with Crippen LogP contribution in [0, 0.1) is 0 Å². The van der Waals surface area contributed by atoms with E-state index in [-0.39, 0.29) is 24.1 Å². The maximum atomic E-state index is 12.6. The number of rotatable bonds is 7. The largest absolute Gasteiger partial charge is 0.467 e. The molecule has 3 amide bonds. The summed E-state index contributed by atoms with van der Waals surface area (Å²) in [5, 5.41) is 4.99. The van der Waals surface area contributed by atoms with Gasteiger partial charge in [-0.25, -0.2) is 14.6 Å². The van der Waals surface area contributed by atoms with Gasteiger partial charge in [0.05, 0.1) is 29.3 Å². The second kappa shape index (κ2) is 10.3. The van der Waals surface area contributed by atoms with E-state index in [1.807, 2.05) is 0 Å². The number of ether oxygens (including phenoxy) is 1. The van der Waals surface area contributed by atoms with Crippen molar-refractivity contribution >= 4 is 28.8 Å². The number of para-hydroxylation sites is 1. The Labute approximate surface area is 193 Å². The van der Waals surface area contributed by atoms with Crippen molar-refractivity contribution in [1.82, 2.24) is 20.6 Å². The standard InChI is InChI=1S/C24H20N4O6/c29-21(28-24(32)25-13-16-7-5-11-33-16)14-34-23(31)17-8-2-1-6-15(17)12-20-26-19-10-4-3-9-18(19)22(30)27-20/h1-11H,12-14H2,(H,26,27,30)(H2,25,28,29,32). The minimum absolute atomic E-state index is 0.101.